The minimum absolute atomic E-state index is 0. The Morgan fingerprint density at radius 2 is 0.227 bits per heavy atom. The van der Waals surface area contributed by atoms with Gasteiger partial charge in [0, 0.05) is 0 Å². The van der Waals surface area contributed by atoms with Gasteiger partial charge in [0.1, 0.15) is 0 Å². The third-order valence-electron chi connectivity index (χ3n) is 0. The summed E-state index contributed by atoms with van der Waals surface area (Å²) < 4.78 is 136. The molecular weight excluding hydrogens is 446 g/mol. The molecule has 22 heavy (non-hydrogen) atoms. The van der Waals surface area contributed by atoms with Crippen LogP contribution in [0.5, 0.6) is 0 Å². The number of halogens is 4. The van der Waals surface area contributed by atoms with E-state index >= 15 is 0 Å². The van der Waals surface area contributed by atoms with Crippen LogP contribution in [0.2, 0.25) is 0 Å². The maximum absolute atomic E-state index is 8.49. The standard InChI is InChI=1S/4ClHO4.2Mg/c4*2-1(3,4)5;;/h4*(H,2,3,4,5);;/q;;;;2*+2/p-4. The first-order valence-electron chi connectivity index (χ1n) is 2.47. The van der Waals surface area contributed by atoms with E-state index in [2.05, 4.69) is 0 Å². The van der Waals surface area contributed by atoms with Gasteiger partial charge < -0.3 is 0 Å². The molecule has 0 saturated carbocycles. The molecule has 0 aromatic heterocycles. The van der Waals surface area contributed by atoms with Crippen molar-refractivity contribution in [3.05, 3.63) is 0 Å². The summed E-state index contributed by atoms with van der Waals surface area (Å²) >= 11 is 0. The molecule has 0 fully saturated rings. The molecule has 0 aromatic carbocycles. The van der Waals surface area contributed by atoms with Crippen LogP contribution < -0.4 is 74.5 Å². The van der Waals surface area contributed by atoms with E-state index in [-0.39, 0.29) is 46.1 Å². The molecule has 0 unspecified atom stereocenters. The van der Waals surface area contributed by atoms with Crippen LogP contribution in [0.25, 0.3) is 0 Å². The molecule has 0 atom stereocenters. The molecule has 128 valence electrons. The fourth-order valence-electron chi connectivity index (χ4n) is 0. The van der Waals surface area contributed by atoms with E-state index in [0.29, 0.717) is 0 Å². The van der Waals surface area contributed by atoms with Crippen LogP contribution in [-0.2, 0) is 0 Å². The molecule has 0 amide bonds. The van der Waals surface area contributed by atoms with E-state index in [9.17, 15) is 0 Å². The fourth-order valence-corrected chi connectivity index (χ4v) is 0. The summed E-state index contributed by atoms with van der Waals surface area (Å²) in [5, 5.41) is 0. The third-order valence-corrected chi connectivity index (χ3v) is 0. The van der Waals surface area contributed by atoms with Crippen LogP contribution in [0.1, 0.15) is 0 Å². The number of hydrogen-bond acceptors (Lipinski definition) is 16. The molecule has 0 rings (SSSR count). The SMILES string of the molecule is [Mg+2].[Mg+2].[O-][Cl+3]([O-])([O-])[O-].[O-][Cl+3]([O-])([O-])[O-].[O-][Cl+3]([O-])([O-])[O-].[O-][Cl+3]([O-])([O-])[O-]. The van der Waals surface area contributed by atoms with E-state index in [0.717, 1.165) is 0 Å². The zero-order valence-corrected chi connectivity index (χ0v) is 15.3. The summed E-state index contributed by atoms with van der Waals surface area (Å²) in [7, 11) is -19.8. The Morgan fingerprint density at radius 3 is 0.227 bits per heavy atom. The van der Waals surface area contributed by atoms with E-state index in [4.69, 9.17) is 74.5 Å². The van der Waals surface area contributed by atoms with Crippen molar-refractivity contribution in [1.82, 2.24) is 0 Å². The van der Waals surface area contributed by atoms with Gasteiger partial charge in [0.25, 0.3) is 0 Å². The predicted molar refractivity (Wildman–Crippen MR) is 11.5 cm³/mol. The molecule has 0 aliphatic heterocycles. The molecule has 0 aliphatic rings. The second-order valence-electron chi connectivity index (χ2n) is 1.51. The van der Waals surface area contributed by atoms with Gasteiger partial charge >= 0.3 is 46.1 Å². The molecule has 0 N–H and O–H groups in total. The quantitative estimate of drug-likeness (QED) is 0.311. The molecule has 0 aliphatic carbocycles. The van der Waals surface area contributed by atoms with Crippen LogP contribution in [0.4, 0.5) is 0 Å². The molecule has 16 nitrogen and oxygen atoms in total. The smallest absolute Gasteiger partial charge is 0.222 e. The van der Waals surface area contributed by atoms with Gasteiger partial charge in [-0.15, -0.1) is 41.0 Å². The molecule has 22 heteroatoms. The number of hydrogen-bond donors (Lipinski definition) is 0. The van der Waals surface area contributed by atoms with E-state index < -0.39 is 41.0 Å². The molecule has 0 heterocycles. The van der Waals surface area contributed by atoms with Crippen molar-refractivity contribution < 1.29 is 116 Å². The fraction of sp³-hybridized carbons (Fsp3) is 0. The predicted octanol–water partition coefficient (Wildman–Crippen LogP) is -19.8. The maximum Gasteiger partial charge on any atom is 2.00 e. The minimum Gasteiger partial charge on any atom is -0.222 e. The van der Waals surface area contributed by atoms with E-state index in [1.165, 1.54) is 0 Å². The van der Waals surface area contributed by atoms with Crippen LogP contribution in [0.15, 0.2) is 0 Å². The zero-order valence-electron chi connectivity index (χ0n) is 9.46. The van der Waals surface area contributed by atoms with Crippen molar-refractivity contribution in [2.45, 2.75) is 0 Å². The second kappa shape index (κ2) is 16.5. The summed E-state index contributed by atoms with van der Waals surface area (Å²) in [5.41, 5.74) is 0. The number of rotatable bonds is 0. The molecule has 0 bridgehead atoms. The Balaban J connectivity index is -0.0000000376. The van der Waals surface area contributed by atoms with Crippen molar-refractivity contribution >= 4 is 46.1 Å². The summed E-state index contributed by atoms with van der Waals surface area (Å²) in [6, 6.07) is 0. The Labute approximate surface area is 160 Å². The van der Waals surface area contributed by atoms with Crippen LogP contribution in [0, 0.1) is 41.0 Å². The van der Waals surface area contributed by atoms with Crippen molar-refractivity contribution in [3.8, 4) is 0 Å². The van der Waals surface area contributed by atoms with Gasteiger partial charge in [-0.3, -0.25) is 0 Å². The average Bonchev–Trinajstić information content (AvgIpc) is 1.62. The van der Waals surface area contributed by atoms with Crippen LogP contribution >= 0.6 is 0 Å². The topological polar surface area (TPSA) is 369 Å². The van der Waals surface area contributed by atoms with E-state index in [1.807, 2.05) is 0 Å². The second-order valence-corrected chi connectivity index (χ2v) is 4.54. The molecule has 0 spiro atoms. The van der Waals surface area contributed by atoms with Crippen molar-refractivity contribution in [1.29, 1.82) is 0 Å². The van der Waals surface area contributed by atoms with Crippen molar-refractivity contribution in [3.63, 3.8) is 0 Å². The van der Waals surface area contributed by atoms with Gasteiger partial charge in [0.15, 0.2) is 0 Å². The van der Waals surface area contributed by atoms with Crippen LogP contribution in [-0.4, -0.2) is 46.1 Å². The van der Waals surface area contributed by atoms with Crippen LogP contribution in [0.3, 0.4) is 0 Å². The van der Waals surface area contributed by atoms with E-state index in [1.54, 1.807) is 0 Å². The summed E-state index contributed by atoms with van der Waals surface area (Å²) in [6.45, 7) is 0. The first-order valence-corrected chi connectivity index (χ1v) is 7.41. The van der Waals surface area contributed by atoms with Gasteiger partial charge in [0.05, 0.1) is 0 Å². The Kier molecular flexibility index (Phi) is 29.4. The Morgan fingerprint density at radius 1 is 0.227 bits per heavy atom. The van der Waals surface area contributed by atoms with Gasteiger partial charge in [-0.2, -0.15) is 0 Å². The summed E-state index contributed by atoms with van der Waals surface area (Å²) in [6.07, 6.45) is 0. The maximum atomic E-state index is 8.49. The van der Waals surface area contributed by atoms with Gasteiger partial charge in [-0.1, -0.05) is 0 Å². The largest absolute Gasteiger partial charge is 2.00 e. The monoisotopic (exact) mass is 444 g/mol. The Hall–Kier alpha value is 2.05. The van der Waals surface area contributed by atoms with Crippen molar-refractivity contribution in [2.24, 2.45) is 0 Å². The summed E-state index contributed by atoms with van der Waals surface area (Å²) in [4.78, 5) is 0. The molecule has 0 radical (unpaired) electrons. The minimum atomic E-state index is -4.94. The molecule has 0 saturated heterocycles. The normalized spacial score (nSPS) is 10.9. The Bertz CT molecular complexity index is 134. The van der Waals surface area contributed by atoms with Gasteiger partial charge in [-0.25, -0.2) is 74.5 Å². The first kappa shape index (κ1) is 39.2. The average molecular weight is 446 g/mol. The molecular formula is Cl4Mg2O16. The third kappa shape index (κ3) is 2320. The molecule has 0 aromatic rings. The van der Waals surface area contributed by atoms with Gasteiger partial charge in [-0.05, 0) is 0 Å². The first-order chi connectivity index (χ1) is 8.00. The van der Waals surface area contributed by atoms with Gasteiger partial charge in [0.2, 0.25) is 0 Å². The zero-order chi connectivity index (χ0) is 18.0. The summed E-state index contributed by atoms with van der Waals surface area (Å²) in [5.74, 6) is 0. The van der Waals surface area contributed by atoms with Crippen molar-refractivity contribution in [2.75, 3.05) is 0 Å².